The lowest BCUT2D eigenvalue weighted by Crippen LogP contribution is -2.12. The zero-order valence-electron chi connectivity index (χ0n) is 10.0. The van der Waals surface area contributed by atoms with Gasteiger partial charge < -0.3 is 10.5 Å². The number of ether oxygens (including phenoxy) is 1. The molecule has 2 N–H and O–H groups in total. The maximum Gasteiger partial charge on any atom is 0.125 e. The van der Waals surface area contributed by atoms with Crippen molar-refractivity contribution in [1.82, 2.24) is 0 Å². The Hall–Kier alpha value is -0.730. The fourth-order valence-electron chi connectivity index (χ4n) is 1.60. The van der Waals surface area contributed by atoms with Gasteiger partial charge in [-0.3, -0.25) is 0 Å². The SMILES string of the molecule is CCC(CC)COc1cccc(Cl)c1CN. The summed E-state index contributed by atoms with van der Waals surface area (Å²) < 4.78 is 5.79. The molecular formula is C13H20ClNO. The molecule has 90 valence electrons. The largest absolute Gasteiger partial charge is 0.493 e. The average Bonchev–Trinajstić information content (AvgIpc) is 2.30. The molecule has 0 heterocycles. The predicted octanol–water partition coefficient (Wildman–Crippen LogP) is 3.61. The Morgan fingerprint density at radius 3 is 2.56 bits per heavy atom. The lowest BCUT2D eigenvalue weighted by molar-refractivity contribution is 0.238. The van der Waals surface area contributed by atoms with Crippen LogP contribution in [0, 0.1) is 5.92 Å². The van der Waals surface area contributed by atoms with Gasteiger partial charge in [0, 0.05) is 17.1 Å². The summed E-state index contributed by atoms with van der Waals surface area (Å²) in [6, 6.07) is 5.66. The van der Waals surface area contributed by atoms with Crippen LogP contribution in [-0.4, -0.2) is 6.61 Å². The van der Waals surface area contributed by atoms with Gasteiger partial charge in [0.15, 0.2) is 0 Å². The Kier molecular flexibility index (Phi) is 5.64. The molecule has 0 aliphatic rings. The highest BCUT2D eigenvalue weighted by Gasteiger charge is 2.09. The highest BCUT2D eigenvalue weighted by atomic mass is 35.5. The summed E-state index contributed by atoms with van der Waals surface area (Å²) in [7, 11) is 0. The van der Waals surface area contributed by atoms with E-state index >= 15 is 0 Å². The number of nitrogens with two attached hydrogens (primary N) is 1. The minimum Gasteiger partial charge on any atom is -0.493 e. The second-order valence-electron chi connectivity index (χ2n) is 3.91. The van der Waals surface area contributed by atoms with Crippen molar-refractivity contribution >= 4 is 11.6 Å². The normalized spacial score (nSPS) is 10.8. The van der Waals surface area contributed by atoms with Crippen molar-refractivity contribution in [2.24, 2.45) is 11.7 Å². The van der Waals surface area contributed by atoms with E-state index in [0.717, 1.165) is 30.8 Å². The zero-order valence-corrected chi connectivity index (χ0v) is 10.8. The maximum absolute atomic E-state index is 6.05. The van der Waals surface area contributed by atoms with E-state index in [1.807, 2.05) is 18.2 Å². The first-order chi connectivity index (χ1) is 7.72. The average molecular weight is 242 g/mol. The van der Waals surface area contributed by atoms with Crippen molar-refractivity contribution in [3.63, 3.8) is 0 Å². The summed E-state index contributed by atoms with van der Waals surface area (Å²) in [6.07, 6.45) is 2.27. The molecule has 0 unspecified atom stereocenters. The predicted molar refractivity (Wildman–Crippen MR) is 68.9 cm³/mol. The smallest absolute Gasteiger partial charge is 0.125 e. The van der Waals surface area contributed by atoms with Gasteiger partial charge in [0.2, 0.25) is 0 Å². The van der Waals surface area contributed by atoms with E-state index in [0.29, 0.717) is 17.5 Å². The first-order valence-electron chi connectivity index (χ1n) is 5.83. The van der Waals surface area contributed by atoms with Crippen LogP contribution in [0.2, 0.25) is 5.02 Å². The van der Waals surface area contributed by atoms with Gasteiger partial charge in [0.25, 0.3) is 0 Å². The molecule has 0 saturated carbocycles. The topological polar surface area (TPSA) is 35.2 Å². The summed E-state index contributed by atoms with van der Waals surface area (Å²) >= 11 is 6.05. The number of hydrogen-bond acceptors (Lipinski definition) is 2. The number of benzene rings is 1. The molecule has 0 radical (unpaired) electrons. The van der Waals surface area contributed by atoms with Crippen LogP contribution in [0.3, 0.4) is 0 Å². The Balaban J connectivity index is 2.69. The first-order valence-corrected chi connectivity index (χ1v) is 6.20. The summed E-state index contributed by atoms with van der Waals surface area (Å²) in [6.45, 7) is 5.51. The molecular weight excluding hydrogens is 222 g/mol. The van der Waals surface area contributed by atoms with Crippen LogP contribution in [0.15, 0.2) is 18.2 Å². The van der Waals surface area contributed by atoms with Gasteiger partial charge in [0.1, 0.15) is 5.75 Å². The van der Waals surface area contributed by atoms with Crippen LogP contribution in [0.1, 0.15) is 32.3 Å². The Labute approximate surface area is 103 Å². The summed E-state index contributed by atoms with van der Waals surface area (Å²) in [5.74, 6) is 1.42. The standard InChI is InChI=1S/C13H20ClNO/c1-3-10(4-2)9-16-13-7-5-6-12(14)11(13)8-15/h5-7,10H,3-4,8-9,15H2,1-2H3. The highest BCUT2D eigenvalue weighted by Crippen LogP contribution is 2.26. The second-order valence-corrected chi connectivity index (χ2v) is 4.32. The number of hydrogen-bond donors (Lipinski definition) is 1. The van der Waals surface area contributed by atoms with Gasteiger partial charge in [-0.2, -0.15) is 0 Å². The second kappa shape index (κ2) is 6.77. The van der Waals surface area contributed by atoms with Crippen LogP contribution < -0.4 is 10.5 Å². The maximum atomic E-state index is 6.05. The molecule has 1 aromatic rings. The molecule has 0 aromatic heterocycles. The Bertz CT molecular complexity index is 324. The summed E-state index contributed by atoms with van der Waals surface area (Å²) in [4.78, 5) is 0. The minimum absolute atomic E-state index is 0.415. The zero-order chi connectivity index (χ0) is 12.0. The molecule has 0 amide bonds. The lowest BCUT2D eigenvalue weighted by atomic mass is 10.1. The molecule has 0 saturated heterocycles. The highest BCUT2D eigenvalue weighted by molar-refractivity contribution is 6.31. The van der Waals surface area contributed by atoms with Crippen molar-refractivity contribution in [2.45, 2.75) is 33.2 Å². The van der Waals surface area contributed by atoms with Crippen LogP contribution in [0.4, 0.5) is 0 Å². The molecule has 0 atom stereocenters. The monoisotopic (exact) mass is 241 g/mol. The molecule has 0 aliphatic carbocycles. The van der Waals surface area contributed by atoms with Crippen molar-refractivity contribution in [3.8, 4) is 5.75 Å². The van der Waals surface area contributed by atoms with Crippen molar-refractivity contribution in [3.05, 3.63) is 28.8 Å². The van der Waals surface area contributed by atoms with Crippen LogP contribution >= 0.6 is 11.6 Å². The molecule has 1 rings (SSSR count). The van der Waals surface area contributed by atoms with Gasteiger partial charge in [-0.05, 0) is 18.1 Å². The van der Waals surface area contributed by atoms with Gasteiger partial charge >= 0.3 is 0 Å². The third-order valence-corrected chi connectivity index (χ3v) is 3.26. The quantitative estimate of drug-likeness (QED) is 0.826. The van der Waals surface area contributed by atoms with E-state index in [-0.39, 0.29) is 0 Å². The molecule has 0 spiro atoms. The molecule has 3 heteroatoms. The Morgan fingerprint density at radius 2 is 2.00 bits per heavy atom. The molecule has 1 aromatic carbocycles. The van der Waals surface area contributed by atoms with Crippen molar-refractivity contribution in [2.75, 3.05) is 6.61 Å². The Morgan fingerprint density at radius 1 is 1.31 bits per heavy atom. The van der Waals surface area contributed by atoms with Gasteiger partial charge in [-0.15, -0.1) is 0 Å². The fraction of sp³-hybridized carbons (Fsp3) is 0.538. The van der Waals surface area contributed by atoms with Crippen LogP contribution in [0.5, 0.6) is 5.75 Å². The van der Waals surface area contributed by atoms with Crippen LogP contribution in [0.25, 0.3) is 0 Å². The lowest BCUT2D eigenvalue weighted by Gasteiger charge is -2.16. The molecule has 0 fully saturated rings. The first kappa shape index (κ1) is 13.3. The van der Waals surface area contributed by atoms with E-state index in [1.165, 1.54) is 0 Å². The summed E-state index contributed by atoms with van der Waals surface area (Å²) in [5, 5.41) is 0.685. The fourth-order valence-corrected chi connectivity index (χ4v) is 1.85. The van der Waals surface area contributed by atoms with Gasteiger partial charge in [-0.1, -0.05) is 44.4 Å². The molecule has 0 aliphatic heterocycles. The number of halogens is 1. The van der Waals surface area contributed by atoms with E-state index in [1.54, 1.807) is 0 Å². The van der Waals surface area contributed by atoms with E-state index in [2.05, 4.69) is 13.8 Å². The molecule has 2 nitrogen and oxygen atoms in total. The molecule has 16 heavy (non-hydrogen) atoms. The van der Waals surface area contributed by atoms with Crippen molar-refractivity contribution in [1.29, 1.82) is 0 Å². The van der Waals surface area contributed by atoms with E-state index in [4.69, 9.17) is 22.1 Å². The number of rotatable bonds is 6. The molecule has 0 bridgehead atoms. The van der Waals surface area contributed by atoms with Gasteiger partial charge in [0.05, 0.1) is 6.61 Å². The van der Waals surface area contributed by atoms with Crippen molar-refractivity contribution < 1.29 is 4.74 Å². The third kappa shape index (κ3) is 3.39. The van der Waals surface area contributed by atoms with Gasteiger partial charge in [-0.25, -0.2) is 0 Å². The van der Waals surface area contributed by atoms with Crippen LogP contribution in [-0.2, 0) is 6.54 Å². The van der Waals surface area contributed by atoms with E-state index in [9.17, 15) is 0 Å². The third-order valence-electron chi connectivity index (χ3n) is 2.91. The summed E-state index contributed by atoms with van der Waals surface area (Å²) in [5.41, 5.74) is 6.56. The van der Waals surface area contributed by atoms with E-state index < -0.39 is 0 Å². The minimum atomic E-state index is 0.415.